The van der Waals surface area contributed by atoms with Crippen LogP contribution in [0.25, 0.3) is 0 Å². The van der Waals surface area contributed by atoms with E-state index in [1.54, 1.807) is 9.25 Å². The summed E-state index contributed by atoms with van der Waals surface area (Å²) < 4.78 is 8.88. The third kappa shape index (κ3) is 3.09. The van der Waals surface area contributed by atoms with Crippen molar-refractivity contribution in [1.29, 1.82) is 0 Å². The van der Waals surface area contributed by atoms with Crippen LogP contribution < -0.4 is 5.69 Å². The van der Waals surface area contributed by atoms with E-state index >= 15 is 0 Å². The number of thioether (sulfide) groups is 1. The smallest absolute Gasteiger partial charge is 0.344 e. The minimum atomic E-state index is -0.202. The largest absolute Gasteiger partial charge is 0.376 e. The van der Waals surface area contributed by atoms with E-state index in [0.717, 1.165) is 30.7 Å². The second-order valence-electron chi connectivity index (χ2n) is 5.32. The van der Waals surface area contributed by atoms with Crippen LogP contribution in [0.4, 0.5) is 0 Å². The van der Waals surface area contributed by atoms with Gasteiger partial charge in [-0.05, 0) is 19.8 Å². The number of hydrogen-bond acceptors (Lipinski definition) is 5. The fourth-order valence-corrected chi connectivity index (χ4v) is 3.90. The van der Waals surface area contributed by atoms with Gasteiger partial charge in [0.05, 0.1) is 18.3 Å². The molecule has 0 aliphatic carbocycles. The molecule has 3 rings (SSSR count). The number of aryl methyl sites for hydroxylation is 2. The lowest BCUT2D eigenvalue weighted by Crippen LogP contribution is -2.24. The zero-order valence-electron chi connectivity index (χ0n) is 12.5. The van der Waals surface area contributed by atoms with Gasteiger partial charge in [0, 0.05) is 25.0 Å². The highest BCUT2D eigenvalue weighted by atomic mass is 35.5. The summed E-state index contributed by atoms with van der Waals surface area (Å²) in [6.07, 6.45) is 2.12. The molecule has 1 saturated heterocycles. The molecule has 1 N–H and O–H groups in total. The minimum Gasteiger partial charge on any atom is -0.376 e. The number of nitrogens with one attached hydrogen (secondary N) is 1. The van der Waals surface area contributed by atoms with Gasteiger partial charge in [-0.2, -0.15) is 5.10 Å². The fourth-order valence-electron chi connectivity index (χ4n) is 2.54. The molecule has 1 aliphatic rings. The highest BCUT2D eigenvalue weighted by Crippen LogP contribution is 2.27. The summed E-state index contributed by atoms with van der Waals surface area (Å²) in [5, 5.41) is 12.2. The summed E-state index contributed by atoms with van der Waals surface area (Å²) in [6.45, 7) is 3.23. The standard InChI is InChI=1S/C13H18ClN5O2S/c1-8-10(11(14)18(2)17-8)7-22-13-16-15-12(20)19(13)6-9-4-3-5-21-9/h9H,3-7H2,1-2H3,(H,15,20). The molecule has 2 aromatic rings. The third-order valence-corrected chi connectivity index (χ3v) is 5.22. The topological polar surface area (TPSA) is 77.7 Å². The van der Waals surface area contributed by atoms with E-state index in [0.29, 0.717) is 22.6 Å². The molecule has 1 fully saturated rings. The molecule has 0 amide bonds. The number of hydrogen-bond donors (Lipinski definition) is 1. The summed E-state index contributed by atoms with van der Waals surface area (Å²) >= 11 is 7.71. The van der Waals surface area contributed by atoms with Crippen LogP contribution in [0.2, 0.25) is 5.15 Å². The lowest BCUT2D eigenvalue weighted by Gasteiger charge is -2.10. The Bertz CT molecular complexity index is 717. The Labute approximate surface area is 137 Å². The van der Waals surface area contributed by atoms with Crippen molar-refractivity contribution in [2.45, 2.75) is 43.3 Å². The summed E-state index contributed by atoms with van der Waals surface area (Å²) in [5.74, 6) is 0.619. The molecule has 2 aromatic heterocycles. The highest BCUT2D eigenvalue weighted by Gasteiger charge is 2.20. The van der Waals surface area contributed by atoms with Gasteiger partial charge in [-0.1, -0.05) is 23.4 Å². The van der Waals surface area contributed by atoms with Gasteiger partial charge in [-0.25, -0.2) is 9.89 Å². The molecule has 3 heterocycles. The van der Waals surface area contributed by atoms with Gasteiger partial charge < -0.3 is 4.74 Å². The van der Waals surface area contributed by atoms with E-state index in [2.05, 4.69) is 15.3 Å². The number of nitrogens with zero attached hydrogens (tertiary/aromatic N) is 4. The van der Waals surface area contributed by atoms with Crippen LogP contribution in [0.1, 0.15) is 24.1 Å². The van der Waals surface area contributed by atoms with E-state index in [-0.39, 0.29) is 11.8 Å². The molecule has 0 spiro atoms. The molecular weight excluding hydrogens is 326 g/mol. The Hall–Kier alpha value is -1.25. The van der Waals surface area contributed by atoms with Crippen molar-refractivity contribution in [3.8, 4) is 0 Å². The Kier molecular flexibility index (Phi) is 4.60. The molecule has 7 nitrogen and oxygen atoms in total. The van der Waals surface area contributed by atoms with Gasteiger partial charge in [0.1, 0.15) is 5.15 Å². The molecular formula is C13H18ClN5O2S. The Morgan fingerprint density at radius 3 is 3.00 bits per heavy atom. The van der Waals surface area contributed by atoms with Crippen LogP contribution in [0, 0.1) is 6.92 Å². The molecule has 9 heteroatoms. The molecule has 0 aromatic carbocycles. The van der Waals surface area contributed by atoms with Crippen molar-refractivity contribution in [1.82, 2.24) is 24.5 Å². The molecule has 1 aliphatic heterocycles. The van der Waals surface area contributed by atoms with Crippen LogP contribution in [0.5, 0.6) is 0 Å². The highest BCUT2D eigenvalue weighted by molar-refractivity contribution is 7.98. The van der Waals surface area contributed by atoms with Gasteiger partial charge in [0.2, 0.25) is 0 Å². The first kappa shape index (κ1) is 15.6. The van der Waals surface area contributed by atoms with Crippen molar-refractivity contribution in [3.05, 3.63) is 26.9 Å². The Morgan fingerprint density at radius 2 is 2.36 bits per heavy atom. The predicted octanol–water partition coefficient (Wildman–Crippen LogP) is 1.74. The zero-order chi connectivity index (χ0) is 15.7. The van der Waals surface area contributed by atoms with E-state index in [9.17, 15) is 4.79 Å². The fraction of sp³-hybridized carbons (Fsp3) is 0.615. The van der Waals surface area contributed by atoms with Crippen LogP contribution in [0.15, 0.2) is 9.95 Å². The summed E-state index contributed by atoms with van der Waals surface area (Å²) in [5.41, 5.74) is 1.66. The maximum atomic E-state index is 11.9. The first-order chi connectivity index (χ1) is 10.6. The number of aromatic nitrogens is 5. The van der Waals surface area contributed by atoms with Crippen molar-refractivity contribution >= 4 is 23.4 Å². The van der Waals surface area contributed by atoms with E-state index in [4.69, 9.17) is 16.3 Å². The zero-order valence-corrected chi connectivity index (χ0v) is 14.1. The summed E-state index contributed by atoms with van der Waals surface area (Å²) in [7, 11) is 1.81. The van der Waals surface area contributed by atoms with E-state index in [1.807, 2.05) is 14.0 Å². The van der Waals surface area contributed by atoms with E-state index < -0.39 is 0 Å². The maximum Gasteiger partial charge on any atom is 0.344 e. The SMILES string of the molecule is Cc1nn(C)c(Cl)c1CSc1n[nH]c(=O)n1CC1CCCO1. The first-order valence-corrected chi connectivity index (χ1v) is 8.50. The van der Waals surface area contributed by atoms with Gasteiger partial charge in [-0.15, -0.1) is 5.10 Å². The number of H-pyrrole nitrogens is 1. The molecule has 120 valence electrons. The lowest BCUT2D eigenvalue weighted by molar-refractivity contribution is 0.0941. The second-order valence-corrected chi connectivity index (χ2v) is 6.62. The Balaban J connectivity index is 1.74. The van der Waals surface area contributed by atoms with Gasteiger partial charge in [-0.3, -0.25) is 9.25 Å². The lowest BCUT2D eigenvalue weighted by atomic mass is 10.2. The average Bonchev–Trinajstić information content (AvgIpc) is 3.16. The molecule has 0 radical (unpaired) electrons. The summed E-state index contributed by atoms with van der Waals surface area (Å²) in [4.78, 5) is 11.9. The van der Waals surface area contributed by atoms with Crippen molar-refractivity contribution in [2.75, 3.05) is 6.61 Å². The van der Waals surface area contributed by atoms with E-state index in [1.165, 1.54) is 11.8 Å². The molecule has 1 atom stereocenters. The van der Waals surface area contributed by atoms with Crippen LogP contribution in [-0.4, -0.2) is 37.3 Å². The minimum absolute atomic E-state index is 0.0957. The maximum absolute atomic E-state index is 11.9. The predicted molar refractivity (Wildman–Crippen MR) is 84.3 cm³/mol. The van der Waals surface area contributed by atoms with Gasteiger partial charge >= 0.3 is 5.69 Å². The third-order valence-electron chi connectivity index (χ3n) is 3.75. The number of ether oxygens (including phenoxy) is 1. The van der Waals surface area contributed by atoms with Gasteiger partial charge in [0.25, 0.3) is 0 Å². The average molecular weight is 344 g/mol. The summed E-state index contributed by atoms with van der Waals surface area (Å²) in [6, 6.07) is 0. The van der Waals surface area contributed by atoms with Crippen LogP contribution in [-0.2, 0) is 24.1 Å². The molecule has 1 unspecified atom stereocenters. The quantitative estimate of drug-likeness (QED) is 0.837. The molecule has 0 saturated carbocycles. The van der Waals surface area contributed by atoms with Crippen molar-refractivity contribution < 1.29 is 4.74 Å². The van der Waals surface area contributed by atoms with Crippen LogP contribution in [0.3, 0.4) is 0 Å². The second kappa shape index (κ2) is 6.47. The molecule has 0 bridgehead atoms. The number of rotatable bonds is 5. The monoisotopic (exact) mass is 343 g/mol. The number of halogens is 1. The number of aromatic amines is 1. The normalized spacial score (nSPS) is 18.2. The Morgan fingerprint density at radius 1 is 1.55 bits per heavy atom. The van der Waals surface area contributed by atoms with Gasteiger partial charge in [0.15, 0.2) is 5.16 Å². The van der Waals surface area contributed by atoms with Crippen molar-refractivity contribution in [2.24, 2.45) is 7.05 Å². The van der Waals surface area contributed by atoms with Crippen molar-refractivity contribution in [3.63, 3.8) is 0 Å². The molecule has 22 heavy (non-hydrogen) atoms. The first-order valence-electron chi connectivity index (χ1n) is 7.14. The van der Waals surface area contributed by atoms with Crippen LogP contribution >= 0.6 is 23.4 Å².